The lowest BCUT2D eigenvalue weighted by molar-refractivity contribution is -0.126. The van der Waals surface area contributed by atoms with Crippen LogP contribution in [0.4, 0.5) is 4.39 Å². The number of carbonyl (C=O) groups is 1. The van der Waals surface area contributed by atoms with Gasteiger partial charge in [-0.05, 0) is 54.8 Å². The second-order valence-electron chi connectivity index (χ2n) is 6.30. The quantitative estimate of drug-likeness (QED) is 0.684. The van der Waals surface area contributed by atoms with Gasteiger partial charge in [0.1, 0.15) is 17.3 Å². The van der Waals surface area contributed by atoms with Crippen molar-refractivity contribution in [1.29, 1.82) is 0 Å². The van der Waals surface area contributed by atoms with Gasteiger partial charge in [-0.25, -0.2) is 4.39 Å². The third kappa shape index (κ3) is 4.25. The minimum atomic E-state index is -0.482. The second kappa shape index (κ2) is 8.44. The molecule has 0 radical (unpaired) electrons. The molecule has 1 saturated heterocycles. The highest BCUT2D eigenvalue weighted by Crippen LogP contribution is 2.39. The molecule has 6 heteroatoms. The van der Waals surface area contributed by atoms with Gasteiger partial charge in [-0.2, -0.15) is 0 Å². The van der Waals surface area contributed by atoms with Gasteiger partial charge in [-0.3, -0.25) is 4.79 Å². The van der Waals surface area contributed by atoms with Crippen molar-refractivity contribution in [3.05, 3.63) is 64.4 Å². The molecule has 1 fully saturated rings. The zero-order valence-electron chi connectivity index (χ0n) is 15.2. The maximum atomic E-state index is 13.3. The molecule has 1 aliphatic rings. The fourth-order valence-corrected chi connectivity index (χ4v) is 3.52. The van der Waals surface area contributed by atoms with Gasteiger partial charge < -0.3 is 14.4 Å². The summed E-state index contributed by atoms with van der Waals surface area (Å²) in [5, 5.41) is 0.0322. The lowest BCUT2D eigenvalue weighted by atomic mass is 10.0. The van der Waals surface area contributed by atoms with E-state index in [-0.39, 0.29) is 17.0 Å². The molecule has 0 N–H and O–H groups in total. The van der Waals surface area contributed by atoms with Crippen LogP contribution in [0, 0.1) is 5.82 Å². The van der Waals surface area contributed by atoms with Gasteiger partial charge in [0.2, 0.25) is 5.91 Å². The lowest BCUT2D eigenvalue weighted by Gasteiger charge is -2.25. The smallest absolute Gasteiger partial charge is 0.247 e. The first-order chi connectivity index (χ1) is 13.0. The fraction of sp³-hybridized carbons (Fsp3) is 0.286. The third-order valence-electron chi connectivity index (χ3n) is 4.69. The molecule has 0 spiro atoms. The first-order valence-corrected chi connectivity index (χ1v) is 9.07. The Bertz CT molecular complexity index is 869. The number of hydrogen-bond acceptors (Lipinski definition) is 3. The number of likely N-dealkylation sites (tertiary alicyclic amines) is 1. The summed E-state index contributed by atoms with van der Waals surface area (Å²) >= 11 is 5.79. The van der Waals surface area contributed by atoms with Crippen molar-refractivity contribution in [2.75, 3.05) is 20.8 Å². The van der Waals surface area contributed by atoms with Gasteiger partial charge in [-0.1, -0.05) is 17.7 Å². The van der Waals surface area contributed by atoms with Crippen molar-refractivity contribution in [1.82, 2.24) is 4.90 Å². The normalized spacial score (nSPS) is 16.7. The van der Waals surface area contributed by atoms with Crippen molar-refractivity contribution in [2.24, 2.45) is 0 Å². The molecule has 2 aromatic carbocycles. The first kappa shape index (κ1) is 19.2. The van der Waals surface area contributed by atoms with Crippen molar-refractivity contribution >= 4 is 23.6 Å². The molecule has 1 unspecified atom stereocenters. The fourth-order valence-electron chi connectivity index (χ4n) is 3.33. The average Bonchev–Trinajstić information content (AvgIpc) is 3.17. The number of halogens is 2. The van der Waals surface area contributed by atoms with Gasteiger partial charge in [0.15, 0.2) is 0 Å². The number of carbonyl (C=O) groups excluding carboxylic acids is 1. The van der Waals surface area contributed by atoms with Crippen LogP contribution in [-0.4, -0.2) is 31.6 Å². The Morgan fingerprint density at radius 3 is 2.74 bits per heavy atom. The number of rotatable bonds is 5. The van der Waals surface area contributed by atoms with E-state index in [0.29, 0.717) is 12.1 Å². The number of ether oxygens (including phenoxy) is 2. The van der Waals surface area contributed by atoms with E-state index in [0.717, 1.165) is 29.9 Å². The zero-order chi connectivity index (χ0) is 19.4. The maximum absolute atomic E-state index is 13.3. The van der Waals surface area contributed by atoms with Crippen molar-refractivity contribution < 1.29 is 18.7 Å². The van der Waals surface area contributed by atoms with E-state index in [4.69, 9.17) is 21.1 Å². The lowest BCUT2D eigenvalue weighted by Crippen LogP contribution is -2.29. The Hall–Kier alpha value is -2.53. The maximum Gasteiger partial charge on any atom is 0.247 e. The minimum Gasteiger partial charge on any atom is -0.497 e. The number of nitrogens with zero attached hydrogens (tertiary/aromatic N) is 1. The molecule has 2 aromatic rings. The topological polar surface area (TPSA) is 38.8 Å². The summed E-state index contributed by atoms with van der Waals surface area (Å²) in [5.74, 6) is 0.865. The van der Waals surface area contributed by atoms with Crippen LogP contribution in [-0.2, 0) is 4.79 Å². The molecule has 0 aliphatic carbocycles. The van der Waals surface area contributed by atoms with Gasteiger partial charge in [0, 0.05) is 18.2 Å². The van der Waals surface area contributed by atoms with E-state index in [1.165, 1.54) is 18.2 Å². The molecular formula is C21H21ClFNO3. The van der Waals surface area contributed by atoms with Crippen LogP contribution in [0.3, 0.4) is 0 Å². The van der Waals surface area contributed by atoms with Crippen molar-refractivity contribution in [3.63, 3.8) is 0 Å². The Morgan fingerprint density at radius 1 is 1.22 bits per heavy atom. The van der Waals surface area contributed by atoms with Gasteiger partial charge >= 0.3 is 0 Å². The molecule has 27 heavy (non-hydrogen) atoms. The molecule has 142 valence electrons. The van der Waals surface area contributed by atoms with Crippen molar-refractivity contribution in [2.45, 2.75) is 18.9 Å². The van der Waals surface area contributed by atoms with Crippen LogP contribution in [0.5, 0.6) is 11.5 Å². The molecule has 0 saturated carbocycles. The minimum absolute atomic E-state index is 0.0322. The Morgan fingerprint density at radius 2 is 2.04 bits per heavy atom. The number of amides is 1. The first-order valence-electron chi connectivity index (χ1n) is 8.69. The van der Waals surface area contributed by atoms with E-state index in [1.54, 1.807) is 26.4 Å². The highest BCUT2D eigenvalue weighted by atomic mass is 35.5. The van der Waals surface area contributed by atoms with Gasteiger partial charge in [0.25, 0.3) is 0 Å². The molecule has 1 atom stereocenters. The van der Waals surface area contributed by atoms with E-state index in [2.05, 4.69) is 0 Å². The predicted octanol–water partition coefficient (Wildman–Crippen LogP) is 4.87. The molecule has 1 heterocycles. The summed E-state index contributed by atoms with van der Waals surface area (Å²) in [6.45, 7) is 0.665. The monoisotopic (exact) mass is 389 g/mol. The average molecular weight is 390 g/mol. The number of methoxy groups -OCH3 is 2. The molecule has 3 rings (SSSR count). The predicted molar refractivity (Wildman–Crippen MR) is 104 cm³/mol. The summed E-state index contributed by atoms with van der Waals surface area (Å²) in [5.41, 5.74) is 1.60. The number of hydrogen-bond donors (Lipinski definition) is 0. The highest BCUT2D eigenvalue weighted by molar-refractivity contribution is 6.30. The third-order valence-corrected chi connectivity index (χ3v) is 4.98. The van der Waals surface area contributed by atoms with Crippen LogP contribution >= 0.6 is 11.6 Å². The van der Waals surface area contributed by atoms with E-state index >= 15 is 0 Å². The van der Waals surface area contributed by atoms with E-state index in [1.807, 2.05) is 23.1 Å². The molecule has 0 bridgehead atoms. The largest absolute Gasteiger partial charge is 0.497 e. The van der Waals surface area contributed by atoms with E-state index < -0.39 is 5.82 Å². The Labute approximate surface area is 163 Å². The van der Waals surface area contributed by atoms with Crippen LogP contribution in [0.25, 0.3) is 6.08 Å². The van der Waals surface area contributed by atoms with Crippen LogP contribution in [0.1, 0.15) is 30.0 Å². The summed E-state index contributed by atoms with van der Waals surface area (Å²) in [6.07, 6.45) is 4.90. The van der Waals surface area contributed by atoms with Crippen molar-refractivity contribution in [3.8, 4) is 11.5 Å². The molecule has 4 nitrogen and oxygen atoms in total. The number of benzene rings is 2. The summed E-state index contributed by atoms with van der Waals surface area (Å²) in [7, 11) is 3.23. The standard InChI is InChI=1S/C21H21ClFNO3/c1-26-15-7-9-20(27-2)16(13-15)19-4-3-11-24(19)21(25)10-6-14-5-8-18(23)17(22)12-14/h5-10,12-13,19H,3-4,11H2,1-2H3. The highest BCUT2D eigenvalue weighted by Gasteiger charge is 2.31. The Balaban J connectivity index is 1.82. The summed E-state index contributed by atoms with van der Waals surface area (Å²) in [6, 6.07) is 9.88. The summed E-state index contributed by atoms with van der Waals surface area (Å²) in [4.78, 5) is 14.6. The molecule has 0 aromatic heterocycles. The van der Waals surface area contributed by atoms with Crippen LogP contribution < -0.4 is 9.47 Å². The Kier molecular flexibility index (Phi) is 6.01. The van der Waals surface area contributed by atoms with Crippen LogP contribution in [0.2, 0.25) is 5.02 Å². The van der Waals surface area contributed by atoms with Crippen LogP contribution in [0.15, 0.2) is 42.5 Å². The second-order valence-corrected chi connectivity index (χ2v) is 6.71. The SMILES string of the molecule is COc1ccc(OC)c(C2CCCN2C(=O)C=Cc2ccc(F)c(Cl)c2)c1. The van der Waals surface area contributed by atoms with Gasteiger partial charge in [-0.15, -0.1) is 0 Å². The van der Waals surface area contributed by atoms with Gasteiger partial charge in [0.05, 0.1) is 25.3 Å². The molecule has 1 aliphatic heterocycles. The molecule has 1 amide bonds. The summed E-state index contributed by atoms with van der Waals surface area (Å²) < 4.78 is 24.1. The van der Waals surface area contributed by atoms with E-state index in [9.17, 15) is 9.18 Å². The zero-order valence-corrected chi connectivity index (χ0v) is 16.0. The molecular weight excluding hydrogens is 369 g/mol.